The van der Waals surface area contributed by atoms with Crippen molar-refractivity contribution in [1.29, 1.82) is 0 Å². The minimum atomic E-state index is -0.838. The van der Waals surface area contributed by atoms with Gasteiger partial charge in [-0.15, -0.1) is 0 Å². The molecule has 0 radical (unpaired) electrons. The molecule has 0 aliphatic heterocycles. The molecule has 3 rings (SSSR count). The van der Waals surface area contributed by atoms with E-state index in [9.17, 15) is 15.3 Å². The Kier molecular flexibility index (Phi) is 7.16. The lowest BCUT2D eigenvalue weighted by molar-refractivity contribution is 0.0659. The predicted octanol–water partition coefficient (Wildman–Crippen LogP) is 5.62. The Morgan fingerprint density at radius 1 is 1.13 bits per heavy atom. The number of hydrogen-bond donors (Lipinski definition) is 3. The first kappa shape index (κ1) is 23.5. The van der Waals surface area contributed by atoms with E-state index in [1.807, 2.05) is 13.8 Å². The van der Waals surface area contributed by atoms with E-state index in [-0.39, 0.29) is 0 Å². The summed E-state index contributed by atoms with van der Waals surface area (Å²) in [5, 5.41) is 30.4. The highest BCUT2D eigenvalue weighted by atomic mass is 16.3. The number of allylic oxidation sites excluding steroid dienone is 3. The molecule has 3 aliphatic rings. The maximum atomic E-state index is 10.3. The van der Waals surface area contributed by atoms with Gasteiger partial charge in [0.1, 0.15) is 6.10 Å². The van der Waals surface area contributed by atoms with Gasteiger partial charge in [0.25, 0.3) is 0 Å². The quantitative estimate of drug-likeness (QED) is 0.390. The summed E-state index contributed by atoms with van der Waals surface area (Å²) < 4.78 is 0. The van der Waals surface area contributed by atoms with Crippen molar-refractivity contribution in [2.75, 3.05) is 0 Å². The highest BCUT2D eigenvalue weighted by Gasteiger charge is 2.48. The summed E-state index contributed by atoms with van der Waals surface area (Å²) in [5.74, 6) is 1.42. The number of rotatable bonds is 6. The fraction of sp³-hybridized carbons (Fsp3) is 0.704. The van der Waals surface area contributed by atoms with E-state index in [2.05, 4.69) is 32.2 Å². The Morgan fingerprint density at radius 3 is 2.57 bits per heavy atom. The molecule has 0 amide bonds. The van der Waals surface area contributed by atoms with Crippen LogP contribution in [0.3, 0.4) is 0 Å². The third-order valence-corrected chi connectivity index (χ3v) is 8.19. The summed E-state index contributed by atoms with van der Waals surface area (Å²) in [4.78, 5) is 0. The molecular weight excluding hydrogens is 372 g/mol. The topological polar surface area (TPSA) is 60.7 Å². The minimum absolute atomic E-state index is 0.383. The van der Waals surface area contributed by atoms with E-state index in [0.29, 0.717) is 28.9 Å². The lowest BCUT2D eigenvalue weighted by Crippen LogP contribution is -2.33. The standard InChI is InChI=1S/C27H42O3/c1-18-21(17-24(28)19(2)25(18)29)12-11-20-9-8-16-27(5)22(13-14-23(20)27)10-6-7-15-26(3,4)30/h11-12,22-25,28-30H,1-2,6-10,13-17H2,3-5H3/b20-11+,21-12+/t22-,23-,24+,25+,27+/m0/s1. The second-order valence-corrected chi connectivity index (χ2v) is 10.9. The summed E-state index contributed by atoms with van der Waals surface area (Å²) in [5.41, 5.74) is 3.45. The average Bonchev–Trinajstić information content (AvgIpc) is 3.01. The Labute approximate surface area is 183 Å². The van der Waals surface area contributed by atoms with Crippen molar-refractivity contribution in [2.24, 2.45) is 17.3 Å². The van der Waals surface area contributed by atoms with Crippen LogP contribution in [0.25, 0.3) is 0 Å². The fourth-order valence-electron chi connectivity index (χ4n) is 6.20. The second kappa shape index (κ2) is 9.14. The van der Waals surface area contributed by atoms with Crippen LogP contribution in [0.4, 0.5) is 0 Å². The maximum absolute atomic E-state index is 10.3. The van der Waals surface area contributed by atoms with Crippen molar-refractivity contribution in [3.05, 3.63) is 47.6 Å². The molecule has 3 aliphatic carbocycles. The Morgan fingerprint density at radius 2 is 1.87 bits per heavy atom. The van der Waals surface area contributed by atoms with Gasteiger partial charge in [-0.25, -0.2) is 0 Å². The van der Waals surface area contributed by atoms with Gasteiger partial charge < -0.3 is 15.3 Å². The summed E-state index contributed by atoms with van der Waals surface area (Å²) in [6, 6.07) is 0. The van der Waals surface area contributed by atoms with Crippen molar-refractivity contribution < 1.29 is 15.3 Å². The fourth-order valence-corrected chi connectivity index (χ4v) is 6.20. The number of fused-ring (bicyclic) bond motifs is 1. The maximum Gasteiger partial charge on any atom is 0.102 e. The van der Waals surface area contributed by atoms with Crippen LogP contribution in [-0.4, -0.2) is 33.1 Å². The molecule has 0 spiro atoms. The lowest BCUT2D eigenvalue weighted by Gasteiger charge is -2.42. The van der Waals surface area contributed by atoms with E-state index in [1.165, 1.54) is 44.1 Å². The summed E-state index contributed by atoms with van der Waals surface area (Å²) in [7, 11) is 0. The first-order valence-corrected chi connectivity index (χ1v) is 11.9. The molecule has 5 atom stereocenters. The molecule has 0 aromatic carbocycles. The normalized spacial score (nSPS) is 37.8. The molecule has 3 heteroatoms. The molecule has 0 aromatic heterocycles. The van der Waals surface area contributed by atoms with Gasteiger partial charge in [-0.05, 0) is 92.8 Å². The number of hydrogen-bond acceptors (Lipinski definition) is 3. The van der Waals surface area contributed by atoms with Gasteiger partial charge in [-0.3, -0.25) is 0 Å². The Balaban J connectivity index is 1.67. The molecule has 3 saturated carbocycles. The van der Waals surface area contributed by atoms with Crippen LogP contribution in [0.1, 0.15) is 85.0 Å². The van der Waals surface area contributed by atoms with Crippen LogP contribution in [0.2, 0.25) is 0 Å². The predicted molar refractivity (Wildman–Crippen MR) is 124 cm³/mol. The van der Waals surface area contributed by atoms with E-state index in [0.717, 1.165) is 30.8 Å². The van der Waals surface area contributed by atoms with Gasteiger partial charge in [-0.1, -0.05) is 50.6 Å². The van der Waals surface area contributed by atoms with Crippen molar-refractivity contribution in [1.82, 2.24) is 0 Å². The molecule has 0 unspecified atom stereocenters. The van der Waals surface area contributed by atoms with Gasteiger partial charge in [0.2, 0.25) is 0 Å². The van der Waals surface area contributed by atoms with E-state index >= 15 is 0 Å². The molecular formula is C27H42O3. The highest BCUT2D eigenvalue weighted by molar-refractivity contribution is 5.45. The molecule has 3 N–H and O–H groups in total. The lowest BCUT2D eigenvalue weighted by atomic mass is 9.62. The molecule has 30 heavy (non-hydrogen) atoms. The van der Waals surface area contributed by atoms with Gasteiger partial charge in [0, 0.05) is 6.42 Å². The average molecular weight is 415 g/mol. The van der Waals surface area contributed by atoms with E-state index in [1.54, 1.807) is 0 Å². The van der Waals surface area contributed by atoms with E-state index in [4.69, 9.17) is 0 Å². The number of unbranched alkanes of at least 4 members (excludes halogenated alkanes) is 1. The molecule has 0 aromatic rings. The van der Waals surface area contributed by atoms with Crippen LogP contribution in [0.5, 0.6) is 0 Å². The highest BCUT2D eigenvalue weighted by Crippen LogP contribution is 2.58. The molecule has 3 fully saturated rings. The van der Waals surface area contributed by atoms with Gasteiger partial charge in [-0.2, -0.15) is 0 Å². The molecule has 0 heterocycles. The first-order chi connectivity index (χ1) is 14.0. The molecule has 0 saturated heterocycles. The monoisotopic (exact) mass is 414 g/mol. The Bertz CT molecular complexity index is 723. The van der Waals surface area contributed by atoms with Gasteiger partial charge in [0.15, 0.2) is 0 Å². The zero-order chi connectivity index (χ0) is 22.1. The minimum Gasteiger partial charge on any atom is -0.390 e. The van der Waals surface area contributed by atoms with Crippen molar-refractivity contribution in [3.8, 4) is 0 Å². The van der Waals surface area contributed by atoms with Gasteiger partial charge >= 0.3 is 0 Å². The molecule has 3 nitrogen and oxygen atoms in total. The number of aliphatic hydroxyl groups excluding tert-OH is 2. The van der Waals surface area contributed by atoms with Crippen LogP contribution in [0, 0.1) is 17.3 Å². The largest absolute Gasteiger partial charge is 0.390 e. The van der Waals surface area contributed by atoms with Crippen LogP contribution in [0.15, 0.2) is 47.6 Å². The Hall–Kier alpha value is -1.16. The van der Waals surface area contributed by atoms with Gasteiger partial charge in [0.05, 0.1) is 11.7 Å². The smallest absolute Gasteiger partial charge is 0.102 e. The zero-order valence-corrected chi connectivity index (χ0v) is 19.3. The molecule has 0 bridgehead atoms. The zero-order valence-electron chi connectivity index (χ0n) is 19.3. The summed E-state index contributed by atoms with van der Waals surface area (Å²) >= 11 is 0. The van der Waals surface area contributed by atoms with Crippen molar-refractivity contribution in [2.45, 2.75) is 103 Å². The van der Waals surface area contributed by atoms with Crippen molar-refractivity contribution in [3.63, 3.8) is 0 Å². The van der Waals surface area contributed by atoms with Crippen LogP contribution >= 0.6 is 0 Å². The van der Waals surface area contributed by atoms with E-state index < -0.39 is 17.8 Å². The van der Waals surface area contributed by atoms with Crippen LogP contribution in [-0.2, 0) is 0 Å². The SMILES string of the molecule is C=C1/C(=C/C=C2\CCC[C@]3(C)[C@@H](CCCCC(C)(C)O)CC[C@@H]23)C[C@@H](O)C(=C)[C@@H]1O. The number of aliphatic hydroxyl groups is 3. The molecule has 168 valence electrons. The third-order valence-electron chi connectivity index (χ3n) is 8.19. The van der Waals surface area contributed by atoms with Crippen LogP contribution < -0.4 is 0 Å². The first-order valence-electron chi connectivity index (χ1n) is 11.9. The third kappa shape index (κ3) is 5.00. The summed E-state index contributed by atoms with van der Waals surface area (Å²) in [6.45, 7) is 14.1. The second-order valence-electron chi connectivity index (χ2n) is 10.9. The van der Waals surface area contributed by atoms with Crippen molar-refractivity contribution >= 4 is 0 Å². The summed E-state index contributed by atoms with van der Waals surface area (Å²) in [6.07, 6.45) is 14.1.